The first-order valence-electron chi connectivity index (χ1n) is 7.08. The zero-order valence-electron chi connectivity index (χ0n) is 11.7. The van der Waals surface area contributed by atoms with Crippen molar-refractivity contribution in [2.45, 2.75) is 12.1 Å². The van der Waals surface area contributed by atoms with Gasteiger partial charge in [0, 0.05) is 5.56 Å². The molecule has 2 unspecified atom stereocenters. The molecular weight excluding hydrogens is 294 g/mol. The minimum absolute atomic E-state index is 0.0362. The van der Waals surface area contributed by atoms with Crippen LogP contribution in [0, 0.1) is 0 Å². The normalized spacial score (nSPS) is 22.8. The van der Waals surface area contributed by atoms with E-state index < -0.39 is 0 Å². The third-order valence-corrected chi connectivity index (χ3v) is 4.13. The quantitative estimate of drug-likeness (QED) is 0.480. The van der Waals surface area contributed by atoms with Crippen molar-refractivity contribution in [3.8, 4) is 0 Å². The highest BCUT2D eigenvalue weighted by molar-refractivity contribution is 7.80. The second-order valence-electron chi connectivity index (χ2n) is 5.35. The van der Waals surface area contributed by atoms with E-state index in [4.69, 9.17) is 18.0 Å². The van der Waals surface area contributed by atoms with Crippen LogP contribution >= 0.6 is 12.2 Å². The van der Waals surface area contributed by atoms with Crippen molar-refractivity contribution in [2.75, 3.05) is 10.6 Å². The predicted molar refractivity (Wildman–Crippen MR) is 93.1 cm³/mol. The maximum absolute atomic E-state index is 5.51. The molecule has 0 aromatic heterocycles. The van der Waals surface area contributed by atoms with Crippen LogP contribution in [0.15, 0.2) is 53.6 Å². The van der Waals surface area contributed by atoms with Crippen molar-refractivity contribution in [2.24, 2.45) is 10.8 Å². The number of nitrogens with one attached hydrogen (secondary N) is 3. The van der Waals surface area contributed by atoms with Gasteiger partial charge in [-0.15, -0.1) is 0 Å². The molecule has 0 amide bonds. The maximum atomic E-state index is 5.51. The number of anilines is 2. The Hall–Kier alpha value is -2.60. The molecule has 0 saturated carbocycles. The SMILES string of the molecule is NC(=S)NN=C1c2ccccc2C2Nc3ccccc3NC12. The second kappa shape index (κ2) is 4.99. The van der Waals surface area contributed by atoms with Gasteiger partial charge in [-0.3, -0.25) is 5.43 Å². The summed E-state index contributed by atoms with van der Waals surface area (Å²) in [4.78, 5) is 0. The zero-order valence-corrected chi connectivity index (χ0v) is 12.5. The van der Waals surface area contributed by atoms with Crippen molar-refractivity contribution < 1.29 is 0 Å². The summed E-state index contributed by atoms with van der Waals surface area (Å²) in [5, 5.41) is 11.7. The van der Waals surface area contributed by atoms with E-state index in [-0.39, 0.29) is 17.2 Å². The van der Waals surface area contributed by atoms with Crippen LogP contribution in [-0.4, -0.2) is 16.9 Å². The topological polar surface area (TPSA) is 74.5 Å². The monoisotopic (exact) mass is 309 g/mol. The predicted octanol–water partition coefficient (Wildman–Crippen LogP) is 2.18. The van der Waals surface area contributed by atoms with Gasteiger partial charge in [0.1, 0.15) is 0 Å². The summed E-state index contributed by atoms with van der Waals surface area (Å²) in [6.45, 7) is 0. The molecule has 1 heterocycles. The van der Waals surface area contributed by atoms with Crippen LogP contribution in [0.5, 0.6) is 0 Å². The van der Waals surface area contributed by atoms with Crippen LogP contribution in [0.3, 0.4) is 0 Å². The number of para-hydroxylation sites is 2. The maximum Gasteiger partial charge on any atom is 0.184 e. The van der Waals surface area contributed by atoms with Gasteiger partial charge < -0.3 is 16.4 Å². The number of benzene rings is 2. The van der Waals surface area contributed by atoms with Gasteiger partial charge in [0.25, 0.3) is 0 Å². The van der Waals surface area contributed by atoms with E-state index >= 15 is 0 Å². The van der Waals surface area contributed by atoms with Crippen molar-refractivity contribution >= 4 is 34.4 Å². The number of thiocarbonyl (C=S) groups is 1. The zero-order chi connectivity index (χ0) is 15.1. The van der Waals surface area contributed by atoms with Gasteiger partial charge in [-0.2, -0.15) is 5.10 Å². The number of nitrogens with two attached hydrogens (primary N) is 1. The molecule has 22 heavy (non-hydrogen) atoms. The van der Waals surface area contributed by atoms with Gasteiger partial charge in [-0.05, 0) is 29.9 Å². The molecule has 1 aliphatic heterocycles. The fourth-order valence-corrected chi connectivity index (χ4v) is 3.18. The summed E-state index contributed by atoms with van der Waals surface area (Å²) < 4.78 is 0. The van der Waals surface area contributed by atoms with Gasteiger partial charge in [-0.25, -0.2) is 0 Å². The molecule has 4 rings (SSSR count). The number of nitrogens with zero attached hydrogens (tertiary/aromatic N) is 1. The minimum Gasteiger partial charge on any atom is -0.375 e. The van der Waals surface area contributed by atoms with Crippen LogP contribution in [0.1, 0.15) is 17.2 Å². The van der Waals surface area contributed by atoms with E-state index in [9.17, 15) is 0 Å². The molecule has 110 valence electrons. The van der Waals surface area contributed by atoms with Gasteiger partial charge in [0.05, 0.1) is 29.2 Å². The summed E-state index contributed by atoms with van der Waals surface area (Å²) >= 11 is 4.86. The van der Waals surface area contributed by atoms with Gasteiger partial charge in [0.2, 0.25) is 0 Å². The van der Waals surface area contributed by atoms with Gasteiger partial charge >= 0.3 is 0 Å². The molecule has 0 fully saturated rings. The lowest BCUT2D eigenvalue weighted by Crippen LogP contribution is -2.39. The molecule has 5 nitrogen and oxygen atoms in total. The molecule has 0 spiro atoms. The molecule has 0 saturated heterocycles. The highest BCUT2D eigenvalue weighted by Crippen LogP contribution is 2.41. The average Bonchev–Trinajstić information content (AvgIpc) is 2.84. The van der Waals surface area contributed by atoms with E-state index in [0.29, 0.717) is 0 Å². The standard InChI is InChI=1S/C16H15N5S/c17-16(22)21-20-14-10-6-2-1-5-9(10)13-15(14)19-12-8-4-3-7-11(12)18-13/h1-8,13,15,18-19H,(H3,17,21,22). The Bertz CT molecular complexity index is 786. The van der Waals surface area contributed by atoms with Crippen molar-refractivity contribution in [3.63, 3.8) is 0 Å². The van der Waals surface area contributed by atoms with Crippen molar-refractivity contribution in [1.82, 2.24) is 5.43 Å². The molecule has 2 atom stereocenters. The summed E-state index contributed by atoms with van der Waals surface area (Å²) in [7, 11) is 0. The Kier molecular flexibility index (Phi) is 2.97. The Balaban J connectivity index is 1.81. The van der Waals surface area contributed by atoms with E-state index in [1.807, 2.05) is 24.3 Å². The van der Waals surface area contributed by atoms with E-state index in [0.717, 1.165) is 22.6 Å². The summed E-state index contributed by atoms with van der Waals surface area (Å²) in [5.74, 6) is 0. The Labute approximate surface area is 133 Å². The summed E-state index contributed by atoms with van der Waals surface area (Å²) in [5.41, 5.74) is 13.6. The molecule has 2 aliphatic rings. The molecular formula is C16H15N5S. The van der Waals surface area contributed by atoms with Crippen molar-refractivity contribution in [3.05, 3.63) is 59.7 Å². The fraction of sp³-hybridized carbons (Fsp3) is 0.125. The van der Waals surface area contributed by atoms with Crippen LogP contribution in [0.2, 0.25) is 0 Å². The Morgan fingerprint density at radius 3 is 2.36 bits per heavy atom. The lowest BCUT2D eigenvalue weighted by atomic mass is 10.0. The van der Waals surface area contributed by atoms with Crippen molar-refractivity contribution in [1.29, 1.82) is 0 Å². The van der Waals surface area contributed by atoms with Crippen LogP contribution < -0.4 is 21.8 Å². The Morgan fingerprint density at radius 1 is 1.00 bits per heavy atom. The first-order valence-corrected chi connectivity index (χ1v) is 7.49. The van der Waals surface area contributed by atoms with Crippen LogP contribution in [0.4, 0.5) is 11.4 Å². The van der Waals surface area contributed by atoms with Crippen LogP contribution in [0.25, 0.3) is 0 Å². The summed E-state index contributed by atoms with van der Waals surface area (Å²) in [6.07, 6.45) is 0. The number of hydrazone groups is 1. The lowest BCUT2D eigenvalue weighted by Gasteiger charge is -2.32. The number of rotatable bonds is 1. The third-order valence-electron chi connectivity index (χ3n) is 4.04. The average molecular weight is 309 g/mol. The van der Waals surface area contributed by atoms with Crippen LogP contribution in [-0.2, 0) is 0 Å². The lowest BCUT2D eigenvalue weighted by molar-refractivity contribution is 0.750. The molecule has 1 aliphatic carbocycles. The van der Waals surface area contributed by atoms with Gasteiger partial charge in [-0.1, -0.05) is 36.4 Å². The number of hydrogen-bond acceptors (Lipinski definition) is 4. The fourth-order valence-electron chi connectivity index (χ4n) is 3.13. The van der Waals surface area contributed by atoms with E-state index in [2.05, 4.69) is 45.4 Å². The molecule has 5 N–H and O–H groups in total. The van der Waals surface area contributed by atoms with E-state index in [1.54, 1.807) is 0 Å². The minimum atomic E-state index is 0.0362. The van der Waals surface area contributed by atoms with E-state index in [1.165, 1.54) is 5.56 Å². The number of fused-ring (bicyclic) bond motifs is 4. The molecule has 2 aromatic carbocycles. The molecule has 0 radical (unpaired) electrons. The molecule has 6 heteroatoms. The first kappa shape index (κ1) is 13.1. The largest absolute Gasteiger partial charge is 0.375 e. The third kappa shape index (κ3) is 2.00. The summed E-state index contributed by atoms with van der Waals surface area (Å²) in [6, 6.07) is 16.6. The molecule has 0 bridgehead atoms. The first-order chi connectivity index (χ1) is 10.7. The smallest absolute Gasteiger partial charge is 0.184 e. The highest BCUT2D eigenvalue weighted by atomic mass is 32.1. The number of hydrogen-bond donors (Lipinski definition) is 4. The highest BCUT2D eigenvalue weighted by Gasteiger charge is 2.40. The Morgan fingerprint density at radius 2 is 1.64 bits per heavy atom. The molecule has 2 aromatic rings. The second-order valence-corrected chi connectivity index (χ2v) is 5.79. The van der Waals surface area contributed by atoms with Gasteiger partial charge in [0.15, 0.2) is 5.11 Å².